The van der Waals surface area contributed by atoms with Crippen LogP contribution in [0.1, 0.15) is 5.82 Å². The van der Waals surface area contributed by atoms with Gasteiger partial charge in [0.1, 0.15) is 0 Å². The summed E-state index contributed by atoms with van der Waals surface area (Å²) < 4.78 is 4.54. The Bertz CT molecular complexity index is 245. The highest BCUT2D eigenvalue weighted by Crippen LogP contribution is 1.93. The van der Waals surface area contributed by atoms with E-state index in [1.165, 1.54) is 6.39 Å². The van der Waals surface area contributed by atoms with Crippen LogP contribution in [0.25, 0.3) is 0 Å². The third kappa shape index (κ3) is 1.48. The van der Waals surface area contributed by atoms with Gasteiger partial charge in [-0.1, -0.05) is 5.16 Å². The maximum Gasteiger partial charge on any atom is 0.237 e. The maximum atomic E-state index is 4.54. The van der Waals surface area contributed by atoms with Crippen molar-refractivity contribution >= 4 is 18.2 Å². The quantitative estimate of drug-likeness (QED) is 0.643. The van der Waals surface area contributed by atoms with E-state index in [2.05, 4.69) is 25.0 Å². The number of halogens is 1. The molecule has 6 heteroatoms. The standard InChI is InChI=1S/C5H6N4O.ClH/c1-2-7-4(6-1)5-8-3-10-9-5;/h3H,1-2H2,(H,6,7);1H. The molecule has 0 fully saturated rings. The Morgan fingerprint density at radius 2 is 2.45 bits per heavy atom. The molecular formula is C5H7ClN4O. The first-order chi connectivity index (χ1) is 4.97. The lowest BCUT2D eigenvalue weighted by molar-refractivity contribution is 0.415. The SMILES string of the molecule is Cl.c1nc(C2=NCCN2)no1. The second kappa shape index (κ2) is 3.34. The minimum absolute atomic E-state index is 0. The van der Waals surface area contributed by atoms with Gasteiger partial charge in [0, 0.05) is 6.54 Å². The van der Waals surface area contributed by atoms with E-state index in [4.69, 9.17) is 0 Å². The molecule has 0 aliphatic carbocycles. The zero-order chi connectivity index (χ0) is 6.81. The van der Waals surface area contributed by atoms with Crippen LogP contribution in [0.3, 0.4) is 0 Å². The van der Waals surface area contributed by atoms with Crippen molar-refractivity contribution in [2.75, 3.05) is 13.1 Å². The molecule has 0 spiro atoms. The van der Waals surface area contributed by atoms with Gasteiger partial charge in [-0.25, -0.2) is 0 Å². The van der Waals surface area contributed by atoms with Gasteiger partial charge >= 0.3 is 0 Å². The minimum atomic E-state index is 0. The van der Waals surface area contributed by atoms with Crippen molar-refractivity contribution in [2.45, 2.75) is 0 Å². The van der Waals surface area contributed by atoms with Crippen molar-refractivity contribution in [3.05, 3.63) is 12.2 Å². The van der Waals surface area contributed by atoms with Gasteiger partial charge < -0.3 is 9.84 Å². The fourth-order valence-electron chi connectivity index (χ4n) is 0.823. The summed E-state index contributed by atoms with van der Waals surface area (Å²) in [5.74, 6) is 1.27. The Labute approximate surface area is 69.3 Å². The number of nitrogens with zero attached hydrogens (tertiary/aromatic N) is 3. The summed E-state index contributed by atoms with van der Waals surface area (Å²) in [5, 5.41) is 6.64. The monoisotopic (exact) mass is 174 g/mol. The highest BCUT2D eigenvalue weighted by atomic mass is 35.5. The lowest BCUT2D eigenvalue weighted by atomic mass is 10.5. The molecule has 1 aliphatic heterocycles. The third-order valence-corrected chi connectivity index (χ3v) is 1.25. The van der Waals surface area contributed by atoms with Crippen LogP contribution in [0.15, 0.2) is 15.9 Å². The largest absolute Gasteiger partial charge is 0.365 e. The van der Waals surface area contributed by atoms with Gasteiger partial charge in [-0.3, -0.25) is 4.99 Å². The molecule has 0 saturated heterocycles. The molecule has 1 aliphatic rings. The van der Waals surface area contributed by atoms with Gasteiger partial charge in [-0.15, -0.1) is 12.4 Å². The second-order valence-corrected chi connectivity index (χ2v) is 1.91. The van der Waals surface area contributed by atoms with Gasteiger partial charge in [-0.05, 0) is 0 Å². The molecule has 0 aromatic carbocycles. The number of aromatic nitrogens is 2. The van der Waals surface area contributed by atoms with E-state index in [-0.39, 0.29) is 12.4 Å². The summed E-state index contributed by atoms with van der Waals surface area (Å²) in [6, 6.07) is 0. The summed E-state index contributed by atoms with van der Waals surface area (Å²) in [6.07, 6.45) is 1.29. The van der Waals surface area contributed by atoms with E-state index >= 15 is 0 Å². The van der Waals surface area contributed by atoms with Crippen molar-refractivity contribution in [1.82, 2.24) is 15.5 Å². The summed E-state index contributed by atoms with van der Waals surface area (Å²) in [7, 11) is 0. The average molecular weight is 175 g/mol. The Hall–Kier alpha value is -1.10. The molecule has 60 valence electrons. The van der Waals surface area contributed by atoms with Gasteiger partial charge in [-0.2, -0.15) is 4.98 Å². The normalized spacial score (nSPS) is 15.1. The zero-order valence-electron chi connectivity index (χ0n) is 5.65. The molecular weight excluding hydrogens is 168 g/mol. The molecule has 1 aromatic rings. The second-order valence-electron chi connectivity index (χ2n) is 1.91. The summed E-state index contributed by atoms with van der Waals surface area (Å²) in [5.41, 5.74) is 0. The van der Waals surface area contributed by atoms with E-state index in [9.17, 15) is 0 Å². The maximum absolute atomic E-state index is 4.54. The number of hydrogen-bond acceptors (Lipinski definition) is 5. The fourth-order valence-corrected chi connectivity index (χ4v) is 0.823. The highest BCUT2D eigenvalue weighted by Gasteiger charge is 2.10. The lowest BCUT2D eigenvalue weighted by Gasteiger charge is -1.91. The number of amidine groups is 1. The van der Waals surface area contributed by atoms with Crippen molar-refractivity contribution in [1.29, 1.82) is 0 Å². The first-order valence-corrected chi connectivity index (χ1v) is 3.02. The molecule has 1 N–H and O–H groups in total. The topological polar surface area (TPSA) is 63.3 Å². The molecule has 0 atom stereocenters. The van der Waals surface area contributed by atoms with E-state index in [0.717, 1.165) is 18.9 Å². The molecule has 2 rings (SSSR count). The molecule has 0 radical (unpaired) electrons. The van der Waals surface area contributed by atoms with Gasteiger partial charge in [0.2, 0.25) is 12.2 Å². The molecule has 0 bridgehead atoms. The van der Waals surface area contributed by atoms with Crippen LogP contribution in [0.4, 0.5) is 0 Å². The molecule has 5 nitrogen and oxygen atoms in total. The molecule has 1 aromatic heterocycles. The van der Waals surface area contributed by atoms with Crippen LogP contribution >= 0.6 is 12.4 Å². The van der Waals surface area contributed by atoms with Gasteiger partial charge in [0.25, 0.3) is 0 Å². The highest BCUT2D eigenvalue weighted by molar-refractivity contribution is 5.96. The predicted molar refractivity (Wildman–Crippen MR) is 41.0 cm³/mol. The molecule has 11 heavy (non-hydrogen) atoms. The van der Waals surface area contributed by atoms with E-state index < -0.39 is 0 Å². The van der Waals surface area contributed by atoms with Crippen molar-refractivity contribution in [3.63, 3.8) is 0 Å². The molecule has 0 saturated carbocycles. The van der Waals surface area contributed by atoms with Crippen LogP contribution in [-0.4, -0.2) is 29.1 Å². The van der Waals surface area contributed by atoms with Crippen molar-refractivity contribution in [3.8, 4) is 0 Å². The predicted octanol–water partition coefficient (Wildman–Crippen LogP) is -0.159. The Kier molecular flexibility index (Phi) is 2.43. The van der Waals surface area contributed by atoms with Crippen LogP contribution in [0.2, 0.25) is 0 Å². The number of rotatable bonds is 1. The fraction of sp³-hybridized carbons (Fsp3) is 0.400. The van der Waals surface area contributed by atoms with E-state index in [1.807, 2.05) is 0 Å². The molecule has 2 heterocycles. The minimum Gasteiger partial charge on any atom is -0.365 e. The van der Waals surface area contributed by atoms with Crippen LogP contribution in [0.5, 0.6) is 0 Å². The number of hydrogen-bond donors (Lipinski definition) is 1. The third-order valence-electron chi connectivity index (χ3n) is 1.25. The Morgan fingerprint density at radius 1 is 1.55 bits per heavy atom. The van der Waals surface area contributed by atoms with Crippen molar-refractivity contribution in [2.24, 2.45) is 4.99 Å². The average Bonchev–Trinajstić information content (AvgIpc) is 2.59. The van der Waals surface area contributed by atoms with Gasteiger partial charge in [0.15, 0.2) is 5.84 Å². The summed E-state index contributed by atoms with van der Waals surface area (Å²) >= 11 is 0. The summed E-state index contributed by atoms with van der Waals surface area (Å²) in [4.78, 5) is 7.93. The lowest BCUT2D eigenvalue weighted by Crippen LogP contribution is -2.20. The molecule has 0 unspecified atom stereocenters. The van der Waals surface area contributed by atoms with Crippen molar-refractivity contribution < 1.29 is 4.52 Å². The number of nitrogens with one attached hydrogen (secondary N) is 1. The van der Waals surface area contributed by atoms with Gasteiger partial charge in [0.05, 0.1) is 6.54 Å². The zero-order valence-corrected chi connectivity index (χ0v) is 6.47. The van der Waals surface area contributed by atoms with E-state index in [0.29, 0.717) is 5.82 Å². The van der Waals surface area contributed by atoms with Crippen LogP contribution in [-0.2, 0) is 0 Å². The summed E-state index contributed by atoms with van der Waals surface area (Å²) in [6.45, 7) is 1.66. The molecule has 0 amide bonds. The first kappa shape index (κ1) is 8.00. The Morgan fingerprint density at radius 3 is 3.00 bits per heavy atom. The van der Waals surface area contributed by atoms with E-state index in [1.54, 1.807) is 0 Å². The smallest absolute Gasteiger partial charge is 0.237 e. The van der Waals surface area contributed by atoms with Crippen LogP contribution < -0.4 is 5.32 Å². The first-order valence-electron chi connectivity index (χ1n) is 3.02. The van der Waals surface area contributed by atoms with Crippen LogP contribution in [0, 0.1) is 0 Å². The Balaban J connectivity index is 0.000000605. The number of aliphatic imine (C=N–C) groups is 1.